The number of hydrogen-bond donors (Lipinski definition) is 0. The molecule has 28 heavy (non-hydrogen) atoms. The molecule has 4 aromatic rings. The highest BCUT2D eigenvalue weighted by Crippen LogP contribution is 2.29. The summed E-state index contributed by atoms with van der Waals surface area (Å²) in [6.07, 6.45) is 2.75. The minimum Gasteiger partial charge on any atom is -0.493 e. The lowest BCUT2D eigenvalue weighted by molar-refractivity contribution is 0.341. The Balaban J connectivity index is 1.85. The predicted molar refractivity (Wildman–Crippen MR) is 108 cm³/mol. The van der Waals surface area contributed by atoms with Crippen LogP contribution in [0.25, 0.3) is 33.7 Å². The van der Waals surface area contributed by atoms with Crippen LogP contribution in [0.1, 0.15) is 20.3 Å². The molecule has 0 N–H and O–H groups in total. The molecule has 142 valence electrons. The van der Waals surface area contributed by atoms with Crippen LogP contribution in [0.2, 0.25) is 0 Å². The Morgan fingerprint density at radius 1 is 1.04 bits per heavy atom. The zero-order chi connectivity index (χ0) is 19.5. The first kappa shape index (κ1) is 18.0. The molecule has 0 bridgehead atoms. The zero-order valence-electron chi connectivity index (χ0n) is 15.9. The van der Waals surface area contributed by atoms with E-state index in [1.807, 2.05) is 55.5 Å². The minimum absolute atomic E-state index is 0.115. The van der Waals surface area contributed by atoms with E-state index in [2.05, 4.69) is 21.6 Å². The van der Waals surface area contributed by atoms with E-state index in [1.165, 1.54) is 0 Å². The predicted octanol–water partition coefficient (Wildman–Crippen LogP) is 4.53. The van der Waals surface area contributed by atoms with Crippen molar-refractivity contribution in [2.45, 2.75) is 26.8 Å². The lowest BCUT2D eigenvalue weighted by Gasteiger charge is -2.11. The van der Waals surface area contributed by atoms with Crippen molar-refractivity contribution in [3.63, 3.8) is 0 Å². The molecule has 0 aliphatic carbocycles. The summed E-state index contributed by atoms with van der Waals surface area (Å²) < 4.78 is 13.2. The van der Waals surface area contributed by atoms with Crippen LogP contribution in [0.3, 0.4) is 0 Å². The number of nitrogens with zero attached hydrogens (tertiary/aromatic N) is 3. The number of para-hydroxylation sites is 2. The third-order valence-corrected chi connectivity index (χ3v) is 4.54. The number of hydrogen-bond acceptors (Lipinski definition) is 5. The Hall–Kier alpha value is -3.41. The highest BCUT2D eigenvalue weighted by atomic mass is 16.5. The van der Waals surface area contributed by atoms with Crippen molar-refractivity contribution in [1.29, 1.82) is 0 Å². The van der Waals surface area contributed by atoms with Crippen molar-refractivity contribution in [2.75, 3.05) is 6.61 Å². The average Bonchev–Trinajstić information content (AvgIpc) is 3.21. The van der Waals surface area contributed by atoms with Crippen molar-refractivity contribution in [2.24, 2.45) is 0 Å². The van der Waals surface area contributed by atoms with Gasteiger partial charge in [-0.15, -0.1) is 0 Å². The molecule has 0 aliphatic heterocycles. The number of aryl methyl sites for hydroxylation is 1. The fourth-order valence-corrected chi connectivity index (χ4v) is 3.30. The maximum absolute atomic E-state index is 13.0. The molecule has 0 aliphatic rings. The molecule has 0 fully saturated rings. The molecule has 2 aromatic heterocycles. The maximum Gasteiger partial charge on any atom is 0.263 e. The summed E-state index contributed by atoms with van der Waals surface area (Å²) in [4.78, 5) is 17.5. The van der Waals surface area contributed by atoms with Crippen LogP contribution in [-0.2, 0) is 6.54 Å². The Labute approximate surface area is 162 Å². The molecule has 2 heterocycles. The maximum atomic E-state index is 13.0. The van der Waals surface area contributed by atoms with E-state index in [-0.39, 0.29) is 11.3 Å². The highest BCUT2D eigenvalue weighted by Gasteiger charge is 2.18. The Bertz CT molecular complexity index is 1180. The van der Waals surface area contributed by atoms with Gasteiger partial charge in [0, 0.05) is 18.1 Å². The fourth-order valence-electron chi connectivity index (χ4n) is 3.30. The van der Waals surface area contributed by atoms with Crippen LogP contribution < -0.4 is 10.2 Å². The second-order valence-corrected chi connectivity index (χ2v) is 6.43. The van der Waals surface area contributed by atoms with Crippen molar-refractivity contribution in [1.82, 2.24) is 14.7 Å². The van der Waals surface area contributed by atoms with Gasteiger partial charge in [-0.3, -0.25) is 4.79 Å². The summed E-state index contributed by atoms with van der Waals surface area (Å²) in [6.45, 7) is 5.35. The summed E-state index contributed by atoms with van der Waals surface area (Å²) in [5, 5.41) is 4.73. The number of fused-ring (bicyclic) bond motifs is 1. The summed E-state index contributed by atoms with van der Waals surface area (Å²) >= 11 is 0. The van der Waals surface area contributed by atoms with Gasteiger partial charge in [-0.05, 0) is 37.6 Å². The molecule has 0 unspecified atom stereocenters. The first-order valence-electron chi connectivity index (χ1n) is 9.41. The molecular weight excluding hydrogens is 354 g/mol. The van der Waals surface area contributed by atoms with E-state index in [0.29, 0.717) is 29.1 Å². The van der Waals surface area contributed by atoms with E-state index in [1.54, 1.807) is 6.20 Å². The summed E-state index contributed by atoms with van der Waals surface area (Å²) in [6, 6.07) is 15.1. The monoisotopic (exact) mass is 375 g/mol. The molecule has 0 saturated carbocycles. The van der Waals surface area contributed by atoms with Gasteiger partial charge in [0.1, 0.15) is 11.3 Å². The SMILES string of the molecule is CCCn1cc(-c2nc(-c3ccccc3OCC)no2)c(=O)c2ccccc21. The largest absolute Gasteiger partial charge is 0.493 e. The molecule has 0 atom stereocenters. The number of pyridine rings is 1. The first-order valence-corrected chi connectivity index (χ1v) is 9.41. The topological polar surface area (TPSA) is 70.2 Å². The van der Waals surface area contributed by atoms with Crippen molar-refractivity contribution in [3.8, 4) is 28.6 Å². The van der Waals surface area contributed by atoms with Crippen molar-refractivity contribution < 1.29 is 9.26 Å². The second kappa shape index (κ2) is 7.68. The van der Waals surface area contributed by atoms with Gasteiger partial charge in [-0.2, -0.15) is 4.98 Å². The minimum atomic E-state index is -0.115. The number of ether oxygens (including phenoxy) is 1. The number of rotatable bonds is 6. The lowest BCUT2D eigenvalue weighted by atomic mass is 10.1. The van der Waals surface area contributed by atoms with Gasteiger partial charge in [0.15, 0.2) is 0 Å². The highest BCUT2D eigenvalue weighted by molar-refractivity contribution is 5.83. The zero-order valence-corrected chi connectivity index (χ0v) is 15.9. The van der Waals surface area contributed by atoms with Gasteiger partial charge in [-0.25, -0.2) is 0 Å². The van der Waals surface area contributed by atoms with Crippen molar-refractivity contribution >= 4 is 10.9 Å². The summed E-state index contributed by atoms with van der Waals surface area (Å²) in [7, 11) is 0. The summed E-state index contributed by atoms with van der Waals surface area (Å²) in [5.41, 5.74) is 1.92. The molecule has 2 aromatic carbocycles. The second-order valence-electron chi connectivity index (χ2n) is 6.43. The lowest BCUT2D eigenvalue weighted by Crippen LogP contribution is -2.12. The number of benzene rings is 2. The van der Waals surface area contributed by atoms with Crippen LogP contribution >= 0.6 is 0 Å². The van der Waals surface area contributed by atoms with E-state index in [9.17, 15) is 4.79 Å². The molecule has 0 spiro atoms. The smallest absolute Gasteiger partial charge is 0.263 e. The molecule has 0 amide bonds. The standard InChI is InChI=1S/C22H21N3O3/c1-3-13-25-14-17(20(26)15-9-5-7-11-18(15)25)22-23-21(24-28-22)16-10-6-8-12-19(16)27-4-2/h5-12,14H,3-4,13H2,1-2H3. The van der Waals surface area contributed by atoms with Crippen LogP contribution in [0.5, 0.6) is 5.75 Å². The Morgan fingerprint density at radius 3 is 2.64 bits per heavy atom. The molecular formula is C22H21N3O3. The van der Waals surface area contributed by atoms with Gasteiger partial charge < -0.3 is 13.8 Å². The summed E-state index contributed by atoms with van der Waals surface area (Å²) in [5.74, 6) is 1.29. The molecule has 0 saturated heterocycles. The third kappa shape index (κ3) is 3.17. The molecule has 4 rings (SSSR count). The van der Waals surface area contributed by atoms with Crippen LogP contribution in [0.4, 0.5) is 0 Å². The van der Waals surface area contributed by atoms with Gasteiger partial charge in [0.05, 0.1) is 17.7 Å². The Morgan fingerprint density at radius 2 is 1.82 bits per heavy atom. The van der Waals surface area contributed by atoms with Crippen LogP contribution in [0.15, 0.2) is 64.0 Å². The first-order chi connectivity index (χ1) is 13.7. The van der Waals surface area contributed by atoms with Gasteiger partial charge in [-0.1, -0.05) is 36.3 Å². The normalized spacial score (nSPS) is 11.1. The fraction of sp³-hybridized carbons (Fsp3) is 0.227. The average molecular weight is 375 g/mol. The third-order valence-electron chi connectivity index (χ3n) is 4.54. The van der Waals surface area contributed by atoms with E-state index in [4.69, 9.17) is 9.26 Å². The molecule has 6 nitrogen and oxygen atoms in total. The van der Waals surface area contributed by atoms with Crippen LogP contribution in [0, 0.1) is 0 Å². The quantitative estimate of drug-likeness (QED) is 0.495. The van der Waals surface area contributed by atoms with E-state index < -0.39 is 0 Å². The molecule has 0 radical (unpaired) electrons. The Kier molecular flexibility index (Phi) is 4.93. The van der Waals surface area contributed by atoms with Crippen molar-refractivity contribution in [3.05, 3.63) is 65.0 Å². The van der Waals surface area contributed by atoms with E-state index in [0.717, 1.165) is 24.0 Å². The van der Waals surface area contributed by atoms with Crippen LogP contribution in [-0.4, -0.2) is 21.3 Å². The van der Waals surface area contributed by atoms with E-state index >= 15 is 0 Å². The van der Waals surface area contributed by atoms with Gasteiger partial charge in [0.25, 0.3) is 5.89 Å². The number of aromatic nitrogens is 3. The van der Waals surface area contributed by atoms with Gasteiger partial charge >= 0.3 is 0 Å². The van der Waals surface area contributed by atoms with Gasteiger partial charge in [0.2, 0.25) is 11.3 Å². The molecule has 6 heteroatoms.